The smallest absolute Gasteiger partial charge is 0.357 e. The number of para-hydroxylation sites is 1. The normalized spacial score (nSPS) is 18.1. The molecule has 0 bridgehead atoms. The Morgan fingerprint density at radius 1 is 1.16 bits per heavy atom. The number of hydrogen-bond donors (Lipinski definition) is 2. The van der Waals surface area contributed by atoms with Gasteiger partial charge in [-0.15, -0.1) is 0 Å². The minimum atomic E-state index is -0.566. The highest BCUT2D eigenvalue weighted by Gasteiger charge is 2.43. The highest BCUT2D eigenvalue weighted by atomic mass is 35.5. The summed E-state index contributed by atoms with van der Waals surface area (Å²) in [5.74, 6) is -0.566. The molecule has 0 amide bonds. The maximum absolute atomic E-state index is 13.0. The minimum Gasteiger partial charge on any atom is -0.453 e. The van der Waals surface area contributed by atoms with Crippen LogP contribution in [0.4, 0.5) is 5.69 Å². The Hall–Kier alpha value is -1.96. The number of ether oxygens (including phenoxy) is 2. The molecular weight excluding hydrogens is 449 g/mol. The molecule has 1 aliphatic carbocycles. The van der Waals surface area contributed by atoms with Crippen LogP contribution in [0.25, 0.3) is 0 Å². The quantitative estimate of drug-likeness (QED) is 0.346. The van der Waals surface area contributed by atoms with Crippen LogP contribution in [-0.4, -0.2) is 55.0 Å². The minimum absolute atomic E-state index is 0.118. The first kappa shape index (κ1) is 23.2. The lowest BCUT2D eigenvalue weighted by Gasteiger charge is -2.44. The summed E-state index contributed by atoms with van der Waals surface area (Å²) in [5.41, 5.74) is 1.68. The van der Waals surface area contributed by atoms with Crippen LogP contribution < -0.4 is 5.32 Å². The number of esters is 1. The van der Waals surface area contributed by atoms with Crippen molar-refractivity contribution in [2.45, 2.75) is 31.4 Å². The standard InChI is InChI=1S/C24H27Cl2N3O3/c25-18-7-6-17(20(26)14-18)15-28-21-5-2-1-4-19(21)22(27)23(30)32-24(8-3-9-24)16-29-10-12-31-13-11-29/h1-2,4-7,14,27-28H,3,8-13,15-16H2/p+1. The van der Waals surface area contributed by atoms with Crippen molar-refractivity contribution in [3.05, 3.63) is 63.6 Å². The first-order valence-electron chi connectivity index (χ1n) is 10.9. The maximum atomic E-state index is 13.0. The topological polar surface area (TPSA) is 79.2 Å². The number of carbonyl (C=O) groups is 1. The van der Waals surface area contributed by atoms with E-state index in [0.29, 0.717) is 41.9 Å². The molecule has 0 atom stereocenters. The van der Waals surface area contributed by atoms with E-state index in [2.05, 4.69) is 4.90 Å². The third-order valence-electron chi connectivity index (χ3n) is 6.18. The Morgan fingerprint density at radius 3 is 2.59 bits per heavy atom. The summed E-state index contributed by atoms with van der Waals surface area (Å²) in [6.07, 6.45) is 2.72. The number of carbonyl (C=O) groups excluding carboxylic acids is 1. The molecule has 2 fully saturated rings. The van der Waals surface area contributed by atoms with Gasteiger partial charge in [0.1, 0.15) is 17.8 Å². The van der Waals surface area contributed by atoms with Crippen molar-refractivity contribution in [1.82, 2.24) is 4.90 Å². The van der Waals surface area contributed by atoms with E-state index >= 15 is 0 Å². The van der Waals surface area contributed by atoms with Gasteiger partial charge in [-0.3, -0.25) is 10.3 Å². The molecule has 0 aromatic heterocycles. The number of nitrogens with zero attached hydrogens (tertiary/aromatic N) is 1. The van der Waals surface area contributed by atoms with Gasteiger partial charge in [0.2, 0.25) is 0 Å². The molecule has 8 heteroatoms. The summed E-state index contributed by atoms with van der Waals surface area (Å²) < 4.78 is 11.4. The highest BCUT2D eigenvalue weighted by Crippen LogP contribution is 2.37. The fourth-order valence-corrected chi connectivity index (χ4v) is 4.68. The zero-order valence-electron chi connectivity index (χ0n) is 17.9. The third-order valence-corrected chi connectivity index (χ3v) is 6.77. The van der Waals surface area contributed by atoms with E-state index in [0.717, 1.165) is 43.6 Å². The van der Waals surface area contributed by atoms with E-state index in [1.54, 1.807) is 18.2 Å². The fourth-order valence-electron chi connectivity index (χ4n) is 4.20. The lowest BCUT2D eigenvalue weighted by atomic mass is 9.79. The van der Waals surface area contributed by atoms with Crippen molar-refractivity contribution in [3.8, 4) is 0 Å². The molecule has 1 aliphatic heterocycles. The van der Waals surface area contributed by atoms with Gasteiger partial charge >= 0.3 is 5.97 Å². The second-order valence-electron chi connectivity index (χ2n) is 8.42. The fraction of sp³-hybridized carbons (Fsp3) is 0.417. The largest absolute Gasteiger partial charge is 0.453 e. The number of quaternary nitrogens is 1. The second-order valence-corrected chi connectivity index (χ2v) is 9.26. The SMILES string of the molecule is N=C(C(=O)OC1(CN2CCOCC2)CCC1)c1ccccc1[NH2+]Cc1ccc(Cl)cc1Cl. The molecule has 0 spiro atoms. The third kappa shape index (κ3) is 5.50. The Balaban J connectivity index is 1.42. The summed E-state index contributed by atoms with van der Waals surface area (Å²) in [5, 5.41) is 11.7. The van der Waals surface area contributed by atoms with Gasteiger partial charge in [0, 0.05) is 30.2 Å². The van der Waals surface area contributed by atoms with E-state index in [1.807, 2.05) is 29.6 Å². The summed E-state index contributed by atoms with van der Waals surface area (Å²) in [6.45, 7) is 4.39. The molecule has 3 N–H and O–H groups in total. The number of nitrogens with two attached hydrogens (primary N) is 1. The van der Waals surface area contributed by atoms with Gasteiger partial charge in [-0.1, -0.05) is 41.4 Å². The number of morpholine rings is 1. The lowest BCUT2D eigenvalue weighted by molar-refractivity contribution is -0.588. The van der Waals surface area contributed by atoms with E-state index < -0.39 is 11.6 Å². The number of rotatable bonds is 8. The molecular formula is C24H28Cl2N3O3+. The van der Waals surface area contributed by atoms with Gasteiger partial charge in [0.05, 0.1) is 23.8 Å². The maximum Gasteiger partial charge on any atom is 0.357 e. The van der Waals surface area contributed by atoms with Gasteiger partial charge in [-0.05, 0) is 43.5 Å². The predicted molar refractivity (Wildman–Crippen MR) is 125 cm³/mol. The molecule has 1 saturated heterocycles. The Morgan fingerprint density at radius 2 is 1.91 bits per heavy atom. The zero-order valence-corrected chi connectivity index (χ0v) is 19.4. The molecule has 32 heavy (non-hydrogen) atoms. The van der Waals surface area contributed by atoms with E-state index in [-0.39, 0.29) is 5.71 Å². The first-order valence-corrected chi connectivity index (χ1v) is 11.7. The molecule has 1 heterocycles. The van der Waals surface area contributed by atoms with Crippen LogP contribution >= 0.6 is 23.2 Å². The Labute approximate surface area is 198 Å². The molecule has 2 aromatic carbocycles. The van der Waals surface area contributed by atoms with Gasteiger partial charge < -0.3 is 14.8 Å². The molecule has 2 aliphatic rings. The van der Waals surface area contributed by atoms with Crippen LogP contribution in [0.5, 0.6) is 0 Å². The van der Waals surface area contributed by atoms with Gasteiger partial charge in [-0.2, -0.15) is 0 Å². The predicted octanol–water partition coefficient (Wildman–Crippen LogP) is 3.55. The number of hydrogen-bond acceptors (Lipinski definition) is 5. The van der Waals surface area contributed by atoms with E-state index in [9.17, 15) is 4.79 Å². The van der Waals surface area contributed by atoms with Crippen molar-refractivity contribution < 1.29 is 19.6 Å². The summed E-state index contributed by atoms with van der Waals surface area (Å²) in [7, 11) is 0. The van der Waals surface area contributed by atoms with Crippen molar-refractivity contribution in [2.24, 2.45) is 0 Å². The van der Waals surface area contributed by atoms with Crippen LogP contribution in [0.2, 0.25) is 10.0 Å². The Bertz CT molecular complexity index is 988. The van der Waals surface area contributed by atoms with Crippen molar-refractivity contribution in [2.75, 3.05) is 32.8 Å². The number of benzene rings is 2. The zero-order chi connectivity index (χ0) is 22.6. The van der Waals surface area contributed by atoms with Gasteiger partial charge in [0.15, 0.2) is 5.71 Å². The van der Waals surface area contributed by atoms with E-state index in [4.69, 9.17) is 38.1 Å². The van der Waals surface area contributed by atoms with Crippen LogP contribution in [0.15, 0.2) is 42.5 Å². The monoisotopic (exact) mass is 476 g/mol. The van der Waals surface area contributed by atoms with E-state index in [1.165, 1.54) is 0 Å². The summed E-state index contributed by atoms with van der Waals surface area (Å²) >= 11 is 12.3. The molecule has 0 radical (unpaired) electrons. The number of nitrogens with one attached hydrogen (secondary N) is 1. The molecule has 1 saturated carbocycles. The first-order chi connectivity index (χ1) is 15.5. The van der Waals surface area contributed by atoms with Crippen LogP contribution in [-0.2, 0) is 20.8 Å². The molecule has 170 valence electrons. The van der Waals surface area contributed by atoms with Crippen LogP contribution in [0, 0.1) is 5.41 Å². The van der Waals surface area contributed by atoms with Crippen LogP contribution in [0.1, 0.15) is 30.4 Å². The average Bonchev–Trinajstić information content (AvgIpc) is 2.77. The average molecular weight is 477 g/mol. The number of halogens is 2. The van der Waals surface area contributed by atoms with Crippen molar-refractivity contribution in [1.29, 1.82) is 5.41 Å². The van der Waals surface area contributed by atoms with Gasteiger partial charge in [-0.25, -0.2) is 4.79 Å². The van der Waals surface area contributed by atoms with Crippen molar-refractivity contribution in [3.63, 3.8) is 0 Å². The van der Waals surface area contributed by atoms with Crippen molar-refractivity contribution >= 4 is 40.6 Å². The molecule has 6 nitrogen and oxygen atoms in total. The van der Waals surface area contributed by atoms with Gasteiger partial charge in [0.25, 0.3) is 0 Å². The summed E-state index contributed by atoms with van der Waals surface area (Å²) in [6, 6.07) is 12.8. The summed E-state index contributed by atoms with van der Waals surface area (Å²) in [4.78, 5) is 15.3. The highest BCUT2D eigenvalue weighted by molar-refractivity contribution is 6.43. The second kappa shape index (κ2) is 10.3. The molecule has 4 rings (SSSR count). The molecule has 2 aromatic rings. The van der Waals surface area contributed by atoms with Crippen LogP contribution in [0.3, 0.4) is 0 Å². The lowest BCUT2D eigenvalue weighted by Crippen LogP contribution is -2.76. The molecule has 0 unspecified atom stereocenters. The Kier molecular flexibility index (Phi) is 7.48.